The molecule has 0 aliphatic carbocycles. The maximum absolute atomic E-state index is 13.7. The van der Waals surface area contributed by atoms with Gasteiger partial charge < -0.3 is 11.1 Å². The van der Waals surface area contributed by atoms with Crippen molar-refractivity contribution in [1.29, 1.82) is 0 Å². The highest BCUT2D eigenvalue weighted by Gasteiger charge is 2.23. The number of nitrogens with one attached hydrogen (secondary N) is 1. The van der Waals surface area contributed by atoms with Crippen molar-refractivity contribution in [2.45, 2.75) is 0 Å². The molecule has 3 N–H and O–H groups in total. The van der Waals surface area contributed by atoms with E-state index in [1.165, 1.54) is 18.3 Å². The minimum Gasteiger partial charge on any atom is -0.392 e. The molecule has 0 radical (unpaired) electrons. The normalized spacial score (nSPS) is 10.2. The Balaban J connectivity index is 2.37. The van der Waals surface area contributed by atoms with Gasteiger partial charge in [-0.1, -0.05) is 11.6 Å². The van der Waals surface area contributed by atoms with Crippen LogP contribution in [0.5, 0.6) is 0 Å². The first-order chi connectivity index (χ1) is 9.90. The van der Waals surface area contributed by atoms with Gasteiger partial charge in [0.2, 0.25) is 0 Å². The van der Waals surface area contributed by atoms with E-state index in [0.29, 0.717) is 5.02 Å². The molecule has 1 amide bonds. The van der Waals surface area contributed by atoms with E-state index in [1.54, 1.807) is 0 Å². The van der Waals surface area contributed by atoms with E-state index in [9.17, 15) is 19.3 Å². The molecule has 7 nitrogen and oxygen atoms in total. The van der Waals surface area contributed by atoms with Gasteiger partial charge in [-0.15, -0.1) is 0 Å². The van der Waals surface area contributed by atoms with Crippen LogP contribution in [0.2, 0.25) is 5.02 Å². The molecule has 21 heavy (non-hydrogen) atoms. The number of anilines is 2. The van der Waals surface area contributed by atoms with Gasteiger partial charge in [0, 0.05) is 12.3 Å². The van der Waals surface area contributed by atoms with Crippen molar-refractivity contribution in [3.8, 4) is 0 Å². The maximum atomic E-state index is 13.7. The highest BCUT2D eigenvalue weighted by Crippen LogP contribution is 2.28. The van der Waals surface area contributed by atoms with E-state index in [-0.39, 0.29) is 5.82 Å². The molecule has 0 fully saturated rings. The second-order valence-corrected chi connectivity index (χ2v) is 4.36. The molecule has 0 aliphatic rings. The Labute approximate surface area is 122 Å². The lowest BCUT2D eigenvalue weighted by molar-refractivity contribution is -0.384. The number of nitro benzene ring substituents is 1. The van der Waals surface area contributed by atoms with E-state index in [1.807, 2.05) is 0 Å². The van der Waals surface area contributed by atoms with Crippen LogP contribution in [-0.2, 0) is 0 Å². The van der Waals surface area contributed by atoms with Gasteiger partial charge in [0.25, 0.3) is 11.6 Å². The van der Waals surface area contributed by atoms with Crippen LogP contribution in [-0.4, -0.2) is 15.8 Å². The zero-order valence-electron chi connectivity index (χ0n) is 10.3. The summed E-state index contributed by atoms with van der Waals surface area (Å²) in [6.45, 7) is 0. The second kappa shape index (κ2) is 5.71. The summed E-state index contributed by atoms with van der Waals surface area (Å²) in [7, 11) is 0. The average Bonchev–Trinajstić information content (AvgIpc) is 2.41. The standard InChI is InChI=1S/C12H8ClFN4O3/c13-6-1-4-9(16-5-6)17-12(19)10-7(14)2-3-8(11(10)15)18(20)21/h1-5H,15H2,(H,16,17,19). The fourth-order valence-electron chi connectivity index (χ4n) is 1.60. The first-order valence-corrected chi connectivity index (χ1v) is 5.93. The van der Waals surface area contributed by atoms with Crippen LogP contribution in [0.25, 0.3) is 0 Å². The third-order valence-electron chi connectivity index (χ3n) is 2.56. The van der Waals surface area contributed by atoms with Crippen molar-refractivity contribution in [3.63, 3.8) is 0 Å². The summed E-state index contributed by atoms with van der Waals surface area (Å²) in [5.74, 6) is -1.80. The van der Waals surface area contributed by atoms with Gasteiger partial charge in [0.15, 0.2) is 0 Å². The lowest BCUT2D eigenvalue weighted by atomic mass is 10.1. The van der Waals surface area contributed by atoms with E-state index < -0.39 is 33.6 Å². The summed E-state index contributed by atoms with van der Waals surface area (Å²) in [5.41, 5.74) is 3.77. The SMILES string of the molecule is Nc1c([N+](=O)[O-])ccc(F)c1C(=O)Nc1ccc(Cl)cn1. The highest BCUT2D eigenvalue weighted by molar-refractivity contribution is 6.30. The number of hydrogen-bond acceptors (Lipinski definition) is 5. The molecule has 2 aromatic rings. The summed E-state index contributed by atoms with van der Waals surface area (Å²) in [5, 5.41) is 13.4. The molecule has 108 valence electrons. The Bertz CT molecular complexity index is 721. The van der Waals surface area contributed by atoms with Gasteiger partial charge in [-0.25, -0.2) is 9.37 Å². The van der Waals surface area contributed by atoms with E-state index in [4.69, 9.17) is 17.3 Å². The summed E-state index contributed by atoms with van der Waals surface area (Å²) in [4.78, 5) is 25.7. The number of carbonyl (C=O) groups excluding carboxylic acids is 1. The van der Waals surface area contributed by atoms with Crippen molar-refractivity contribution in [3.05, 3.63) is 57.0 Å². The van der Waals surface area contributed by atoms with E-state index >= 15 is 0 Å². The maximum Gasteiger partial charge on any atom is 0.293 e. The molecule has 0 atom stereocenters. The van der Waals surface area contributed by atoms with Crippen LogP contribution in [0.1, 0.15) is 10.4 Å². The van der Waals surface area contributed by atoms with Crippen LogP contribution in [0.3, 0.4) is 0 Å². The molecule has 1 aromatic heterocycles. The monoisotopic (exact) mass is 310 g/mol. The molecule has 0 unspecified atom stereocenters. The Morgan fingerprint density at radius 3 is 2.67 bits per heavy atom. The van der Waals surface area contributed by atoms with Crippen LogP contribution in [0.4, 0.5) is 21.6 Å². The number of pyridine rings is 1. The zero-order chi connectivity index (χ0) is 15.6. The number of aromatic nitrogens is 1. The number of hydrogen-bond donors (Lipinski definition) is 2. The summed E-state index contributed by atoms with van der Waals surface area (Å²) < 4.78 is 13.7. The lowest BCUT2D eigenvalue weighted by Crippen LogP contribution is -2.17. The largest absolute Gasteiger partial charge is 0.392 e. The molecular weight excluding hydrogens is 303 g/mol. The van der Waals surface area contributed by atoms with Crippen molar-refractivity contribution >= 4 is 34.7 Å². The van der Waals surface area contributed by atoms with Crippen LogP contribution >= 0.6 is 11.6 Å². The second-order valence-electron chi connectivity index (χ2n) is 3.93. The zero-order valence-corrected chi connectivity index (χ0v) is 11.1. The first kappa shape index (κ1) is 14.7. The van der Waals surface area contributed by atoms with Crippen LogP contribution < -0.4 is 11.1 Å². The number of rotatable bonds is 3. The van der Waals surface area contributed by atoms with Crippen molar-refractivity contribution in [2.75, 3.05) is 11.1 Å². The molecule has 1 heterocycles. The molecule has 0 saturated carbocycles. The Morgan fingerprint density at radius 2 is 2.10 bits per heavy atom. The molecule has 0 saturated heterocycles. The predicted molar refractivity (Wildman–Crippen MR) is 74.7 cm³/mol. The number of nitrogens with zero attached hydrogens (tertiary/aromatic N) is 2. The van der Waals surface area contributed by atoms with Gasteiger partial charge in [-0.05, 0) is 18.2 Å². The smallest absolute Gasteiger partial charge is 0.293 e. The third-order valence-corrected chi connectivity index (χ3v) is 2.79. The Morgan fingerprint density at radius 1 is 1.38 bits per heavy atom. The molecule has 9 heteroatoms. The molecule has 2 rings (SSSR count). The average molecular weight is 311 g/mol. The minimum absolute atomic E-state index is 0.106. The van der Waals surface area contributed by atoms with Gasteiger partial charge in [-0.2, -0.15) is 0 Å². The molecule has 0 aliphatic heterocycles. The third kappa shape index (κ3) is 3.06. The lowest BCUT2D eigenvalue weighted by Gasteiger charge is -2.08. The number of nitrogens with two attached hydrogens (primary N) is 1. The van der Waals surface area contributed by atoms with Crippen molar-refractivity contribution in [1.82, 2.24) is 4.98 Å². The topological polar surface area (TPSA) is 111 Å². The number of nitro groups is 1. The number of carbonyl (C=O) groups is 1. The quantitative estimate of drug-likeness (QED) is 0.514. The fraction of sp³-hybridized carbons (Fsp3) is 0. The molecular formula is C12H8ClFN4O3. The van der Waals surface area contributed by atoms with Crippen molar-refractivity contribution < 1.29 is 14.1 Å². The molecule has 0 bridgehead atoms. The predicted octanol–water partition coefficient (Wildman–Crippen LogP) is 2.62. The van der Waals surface area contributed by atoms with Gasteiger partial charge in [-0.3, -0.25) is 14.9 Å². The Kier molecular flexibility index (Phi) is 3.99. The number of amides is 1. The van der Waals surface area contributed by atoms with Gasteiger partial charge >= 0.3 is 0 Å². The first-order valence-electron chi connectivity index (χ1n) is 5.55. The Hall–Kier alpha value is -2.74. The van der Waals surface area contributed by atoms with Crippen LogP contribution in [0, 0.1) is 15.9 Å². The van der Waals surface area contributed by atoms with E-state index in [0.717, 1.165) is 12.1 Å². The number of nitrogen functional groups attached to an aromatic ring is 1. The van der Waals surface area contributed by atoms with Gasteiger partial charge in [0.1, 0.15) is 22.9 Å². The fourth-order valence-corrected chi connectivity index (χ4v) is 1.71. The van der Waals surface area contributed by atoms with Gasteiger partial charge in [0.05, 0.1) is 9.95 Å². The van der Waals surface area contributed by atoms with E-state index in [2.05, 4.69) is 10.3 Å². The highest BCUT2D eigenvalue weighted by atomic mass is 35.5. The summed E-state index contributed by atoms with van der Waals surface area (Å²) in [6.07, 6.45) is 1.28. The number of halogens is 2. The number of benzene rings is 1. The molecule has 0 spiro atoms. The minimum atomic E-state index is -0.968. The summed E-state index contributed by atoms with van der Waals surface area (Å²) in [6, 6.07) is 4.56. The van der Waals surface area contributed by atoms with Crippen molar-refractivity contribution in [2.24, 2.45) is 0 Å². The summed E-state index contributed by atoms with van der Waals surface area (Å²) >= 11 is 5.64. The van der Waals surface area contributed by atoms with Crippen LogP contribution in [0.15, 0.2) is 30.5 Å². The molecule has 1 aromatic carbocycles.